The molecule has 0 radical (unpaired) electrons. The third-order valence-electron chi connectivity index (χ3n) is 2.03. The van der Waals surface area contributed by atoms with E-state index in [4.69, 9.17) is 0 Å². The molecule has 0 spiro atoms. The Morgan fingerprint density at radius 1 is 0.846 bits per heavy atom. The number of fused-ring (bicyclic) bond motifs is 1. The summed E-state index contributed by atoms with van der Waals surface area (Å²) in [6, 6.07) is 11.0. The molecule has 0 fully saturated rings. The SMILES string of the molecule is Cc1ccc2cc(I)c(I)cc2c1. The lowest BCUT2D eigenvalue weighted by atomic mass is 10.1. The number of aryl methyl sites for hydroxylation is 1. The highest BCUT2D eigenvalue weighted by atomic mass is 127. The Bertz CT molecular complexity index is 461. The van der Waals surface area contributed by atoms with E-state index in [1.165, 1.54) is 23.5 Å². The van der Waals surface area contributed by atoms with Gasteiger partial charge in [0.15, 0.2) is 0 Å². The van der Waals surface area contributed by atoms with E-state index in [0.29, 0.717) is 0 Å². The van der Waals surface area contributed by atoms with Gasteiger partial charge in [0.25, 0.3) is 0 Å². The molecule has 0 aliphatic heterocycles. The van der Waals surface area contributed by atoms with Crippen LogP contribution in [-0.4, -0.2) is 0 Å². The summed E-state index contributed by atoms with van der Waals surface area (Å²) in [5, 5.41) is 2.67. The molecule has 2 heteroatoms. The van der Waals surface area contributed by atoms with Gasteiger partial charge in [0.1, 0.15) is 0 Å². The number of hydrogen-bond acceptors (Lipinski definition) is 0. The lowest BCUT2D eigenvalue weighted by Gasteiger charge is -2.02. The van der Waals surface area contributed by atoms with Crippen molar-refractivity contribution >= 4 is 56.0 Å². The Kier molecular flexibility index (Phi) is 2.78. The van der Waals surface area contributed by atoms with Crippen LogP contribution < -0.4 is 0 Å². The normalized spacial score (nSPS) is 10.7. The van der Waals surface area contributed by atoms with Crippen LogP contribution in [0.25, 0.3) is 10.8 Å². The smallest absolute Gasteiger partial charge is 0.0270 e. The molecule has 0 nitrogen and oxygen atoms in total. The van der Waals surface area contributed by atoms with Gasteiger partial charge in [-0.05, 0) is 75.0 Å². The van der Waals surface area contributed by atoms with Crippen molar-refractivity contribution < 1.29 is 0 Å². The minimum Gasteiger partial charge on any atom is -0.0587 e. The molecule has 0 aliphatic rings. The molecule has 0 saturated heterocycles. The number of hydrogen-bond donors (Lipinski definition) is 0. The maximum Gasteiger partial charge on any atom is 0.0270 e. The Morgan fingerprint density at radius 3 is 2.15 bits per heavy atom. The van der Waals surface area contributed by atoms with E-state index in [-0.39, 0.29) is 0 Å². The Hall–Kier alpha value is 0.160. The van der Waals surface area contributed by atoms with Crippen LogP contribution in [-0.2, 0) is 0 Å². The molecular weight excluding hydrogens is 386 g/mol. The van der Waals surface area contributed by atoms with E-state index in [2.05, 4.69) is 82.4 Å². The molecule has 0 saturated carbocycles. The summed E-state index contributed by atoms with van der Waals surface area (Å²) in [5.41, 5.74) is 1.32. The molecule has 2 aromatic rings. The lowest BCUT2D eigenvalue weighted by molar-refractivity contribution is 1.50. The quantitative estimate of drug-likeness (QED) is 0.583. The second-order valence-electron chi connectivity index (χ2n) is 3.12. The van der Waals surface area contributed by atoms with Gasteiger partial charge >= 0.3 is 0 Å². The summed E-state index contributed by atoms with van der Waals surface area (Å²) < 4.78 is 2.66. The van der Waals surface area contributed by atoms with Crippen molar-refractivity contribution in [3.8, 4) is 0 Å². The average molecular weight is 394 g/mol. The van der Waals surface area contributed by atoms with Gasteiger partial charge in [-0.15, -0.1) is 0 Å². The third-order valence-corrected chi connectivity index (χ3v) is 4.85. The van der Waals surface area contributed by atoms with Gasteiger partial charge in [-0.1, -0.05) is 23.8 Å². The van der Waals surface area contributed by atoms with Crippen molar-refractivity contribution in [1.82, 2.24) is 0 Å². The molecule has 0 amide bonds. The minimum atomic E-state index is 1.32. The van der Waals surface area contributed by atoms with Crippen molar-refractivity contribution in [3.63, 3.8) is 0 Å². The van der Waals surface area contributed by atoms with E-state index in [1.54, 1.807) is 0 Å². The predicted octanol–water partition coefficient (Wildman–Crippen LogP) is 4.36. The zero-order chi connectivity index (χ0) is 9.42. The van der Waals surface area contributed by atoms with Crippen molar-refractivity contribution in [1.29, 1.82) is 0 Å². The van der Waals surface area contributed by atoms with Crippen LogP contribution in [0, 0.1) is 14.1 Å². The molecular formula is C11H8I2. The first-order chi connectivity index (χ1) is 6.16. The second kappa shape index (κ2) is 3.73. The number of benzene rings is 2. The minimum absolute atomic E-state index is 1.32. The van der Waals surface area contributed by atoms with Crippen LogP contribution in [0.1, 0.15) is 5.56 Å². The van der Waals surface area contributed by atoms with E-state index >= 15 is 0 Å². The van der Waals surface area contributed by atoms with Crippen LogP contribution in [0.4, 0.5) is 0 Å². The van der Waals surface area contributed by atoms with E-state index in [9.17, 15) is 0 Å². The molecule has 0 heterocycles. The maximum atomic E-state index is 2.38. The highest BCUT2D eigenvalue weighted by molar-refractivity contribution is 14.1. The molecule has 0 unspecified atom stereocenters. The maximum absolute atomic E-state index is 2.38. The standard InChI is InChI=1S/C11H8I2/c1-7-2-3-8-5-10(12)11(13)6-9(8)4-7/h2-6H,1H3. The lowest BCUT2D eigenvalue weighted by Crippen LogP contribution is -1.81. The summed E-state index contributed by atoms with van der Waals surface area (Å²) >= 11 is 4.75. The molecule has 66 valence electrons. The topological polar surface area (TPSA) is 0 Å². The summed E-state index contributed by atoms with van der Waals surface area (Å²) in [4.78, 5) is 0. The summed E-state index contributed by atoms with van der Waals surface area (Å²) in [6.45, 7) is 2.13. The van der Waals surface area contributed by atoms with Crippen LogP contribution >= 0.6 is 45.2 Å². The van der Waals surface area contributed by atoms with Crippen molar-refractivity contribution in [2.24, 2.45) is 0 Å². The number of halogens is 2. The van der Waals surface area contributed by atoms with Gasteiger partial charge in [-0.2, -0.15) is 0 Å². The third kappa shape index (κ3) is 1.98. The van der Waals surface area contributed by atoms with E-state index < -0.39 is 0 Å². The van der Waals surface area contributed by atoms with Crippen LogP contribution in [0.15, 0.2) is 30.3 Å². The fourth-order valence-corrected chi connectivity index (χ4v) is 2.34. The fourth-order valence-electron chi connectivity index (χ4n) is 1.36. The number of rotatable bonds is 0. The molecule has 13 heavy (non-hydrogen) atoms. The van der Waals surface area contributed by atoms with Gasteiger partial charge in [0.05, 0.1) is 0 Å². The molecule has 0 atom stereocenters. The fraction of sp³-hybridized carbons (Fsp3) is 0.0909. The van der Waals surface area contributed by atoms with Crippen molar-refractivity contribution in [2.45, 2.75) is 6.92 Å². The van der Waals surface area contributed by atoms with Crippen molar-refractivity contribution in [3.05, 3.63) is 43.0 Å². The van der Waals surface area contributed by atoms with Gasteiger partial charge in [-0.3, -0.25) is 0 Å². The molecule has 0 aromatic heterocycles. The van der Waals surface area contributed by atoms with Gasteiger partial charge < -0.3 is 0 Å². The van der Waals surface area contributed by atoms with Gasteiger partial charge in [-0.25, -0.2) is 0 Å². The molecule has 0 aliphatic carbocycles. The predicted molar refractivity (Wildman–Crippen MR) is 74.1 cm³/mol. The summed E-state index contributed by atoms with van der Waals surface area (Å²) in [7, 11) is 0. The van der Waals surface area contributed by atoms with Crippen molar-refractivity contribution in [2.75, 3.05) is 0 Å². The Labute approximate surface area is 105 Å². The second-order valence-corrected chi connectivity index (χ2v) is 5.44. The molecule has 0 N–H and O–H groups in total. The first-order valence-electron chi connectivity index (χ1n) is 4.02. The largest absolute Gasteiger partial charge is 0.0587 e. The van der Waals surface area contributed by atoms with Crippen LogP contribution in [0.2, 0.25) is 0 Å². The highest BCUT2D eigenvalue weighted by Crippen LogP contribution is 2.23. The van der Waals surface area contributed by atoms with Crippen LogP contribution in [0.5, 0.6) is 0 Å². The summed E-state index contributed by atoms with van der Waals surface area (Å²) in [5.74, 6) is 0. The van der Waals surface area contributed by atoms with E-state index in [1.807, 2.05) is 0 Å². The monoisotopic (exact) mass is 394 g/mol. The Balaban J connectivity index is 2.81. The first-order valence-corrected chi connectivity index (χ1v) is 6.18. The molecule has 2 rings (SSSR count). The zero-order valence-corrected chi connectivity index (χ0v) is 11.5. The Morgan fingerprint density at radius 2 is 1.46 bits per heavy atom. The first kappa shape index (κ1) is 9.71. The van der Waals surface area contributed by atoms with E-state index in [0.717, 1.165) is 0 Å². The zero-order valence-electron chi connectivity index (χ0n) is 7.14. The molecule has 2 aromatic carbocycles. The summed E-state index contributed by atoms with van der Waals surface area (Å²) in [6.07, 6.45) is 0. The van der Waals surface area contributed by atoms with Gasteiger partial charge in [0.2, 0.25) is 0 Å². The van der Waals surface area contributed by atoms with Gasteiger partial charge in [0, 0.05) is 7.14 Å². The van der Waals surface area contributed by atoms with Crippen LogP contribution in [0.3, 0.4) is 0 Å². The molecule has 0 bridgehead atoms. The highest BCUT2D eigenvalue weighted by Gasteiger charge is 1.99. The average Bonchev–Trinajstić information content (AvgIpc) is 2.08.